The van der Waals surface area contributed by atoms with Crippen LogP contribution in [0.5, 0.6) is 0 Å². The average Bonchev–Trinajstić information content (AvgIpc) is 2.85. The van der Waals surface area contributed by atoms with Crippen LogP contribution in [0.1, 0.15) is 58.7 Å². The van der Waals surface area contributed by atoms with Gasteiger partial charge in [-0.2, -0.15) is 5.10 Å². The van der Waals surface area contributed by atoms with Gasteiger partial charge in [0, 0.05) is 12.1 Å². The molecule has 1 aromatic heterocycles. The lowest BCUT2D eigenvalue weighted by Crippen LogP contribution is -2.27. The van der Waals surface area contributed by atoms with Gasteiger partial charge in [0.25, 0.3) is 0 Å². The highest BCUT2D eigenvalue weighted by molar-refractivity contribution is 5.65. The minimum atomic E-state index is 0.331. The quantitative estimate of drug-likeness (QED) is 0.873. The van der Waals surface area contributed by atoms with Gasteiger partial charge in [0.1, 0.15) is 5.82 Å². The standard InChI is InChI=1S/C15H28N4/c1-6-12-7-8-13(10(12)4)17-15-14(16)11(5)18-19(15)9(2)3/h9-10,12-13,17H,6-8,16H2,1-5H3. The van der Waals surface area contributed by atoms with Crippen LogP contribution in [0.25, 0.3) is 0 Å². The monoisotopic (exact) mass is 264 g/mol. The second-order valence-corrected chi connectivity index (χ2v) is 6.24. The van der Waals surface area contributed by atoms with Crippen molar-refractivity contribution in [1.29, 1.82) is 0 Å². The van der Waals surface area contributed by atoms with Crippen molar-refractivity contribution in [2.24, 2.45) is 11.8 Å². The summed E-state index contributed by atoms with van der Waals surface area (Å²) in [6.45, 7) is 10.9. The molecule has 4 nitrogen and oxygen atoms in total. The van der Waals surface area contributed by atoms with E-state index in [0.29, 0.717) is 18.0 Å². The first-order valence-electron chi connectivity index (χ1n) is 7.56. The van der Waals surface area contributed by atoms with Gasteiger partial charge in [0.2, 0.25) is 0 Å². The predicted molar refractivity (Wildman–Crippen MR) is 81.4 cm³/mol. The number of nitrogen functional groups attached to an aromatic ring is 1. The number of rotatable bonds is 4. The van der Waals surface area contributed by atoms with Gasteiger partial charge >= 0.3 is 0 Å². The maximum Gasteiger partial charge on any atom is 0.148 e. The van der Waals surface area contributed by atoms with Gasteiger partial charge in [-0.15, -0.1) is 0 Å². The summed E-state index contributed by atoms with van der Waals surface area (Å²) in [6, 6.07) is 0.859. The van der Waals surface area contributed by atoms with Crippen LogP contribution in [0.4, 0.5) is 11.5 Å². The molecule has 0 spiro atoms. The third-order valence-electron chi connectivity index (χ3n) is 4.69. The van der Waals surface area contributed by atoms with E-state index in [-0.39, 0.29) is 0 Å². The van der Waals surface area contributed by atoms with Crippen LogP contribution in [0.15, 0.2) is 0 Å². The molecule has 1 aliphatic carbocycles. The van der Waals surface area contributed by atoms with Crippen molar-refractivity contribution in [1.82, 2.24) is 9.78 Å². The van der Waals surface area contributed by atoms with Crippen molar-refractivity contribution in [3.8, 4) is 0 Å². The topological polar surface area (TPSA) is 55.9 Å². The Morgan fingerprint density at radius 2 is 2.11 bits per heavy atom. The minimum absolute atomic E-state index is 0.331. The molecule has 3 N–H and O–H groups in total. The fourth-order valence-corrected chi connectivity index (χ4v) is 3.28. The second kappa shape index (κ2) is 5.43. The van der Waals surface area contributed by atoms with Crippen molar-refractivity contribution in [3.05, 3.63) is 5.69 Å². The van der Waals surface area contributed by atoms with E-state index in [0.717, 1.165) is 23.1 Å². The molecule has 1 aromatic rings. The van der Waals surface area contributed by atoms with E-state index in [1.807, 2.05) is 11.6 Å². The number of nitrogens with zero attached hydrogens (tertiary/aromatic N) is 2. The molecule has 3 atom stereocenters. The van der Waals surface area contributed by atoms with Crippen molar-refractivity contribution in [2.45, 2.75) is 66.0 Å². The summed E-state index contributed by atoms with van der Waals surface area (Å²) in [5, 5.41) is 8.21. The van der Waals surface area contributed by atoms with Gasteiger partial charge in [0.15, 0.2) is 0 Å². The predicted octanol–water partition coefficient (Wildman–Crippen LogP) is 3.59. The Bertz CT molecular complexity index is 436. The molecule has 4 heteroatoms. The largest absolute Gasteiger partial charge is 0.394 e. The lowest BCUT2D eigenvalue weighted by molar-refractivity contribution is 0.390. The number of aromatic nitrogens is 2. The molecule has 3 unspecified atom stereocenters. The molecule has 1 aliphatic rings. The molecule has 0 radical (unpaired) electrons. The lowest BCUT2D eigenvalue weighted by Gasteiger charge is -2.23. The third-order valence-corrected chi connectivity index (χ3v) is 4.69. The zero-order valence-electron chi connectivity index (χ0n) is 12.9. The summed E-state index contributed by atoms with van der Waals surface area (Å²) in [6.07, 6.45) is 3.84. The normalized spacial score (nSPS) is 27.2. The average molecular weight is 264 g/mol. The molecule has 19 heavy (non-hydrogen) atoms. The van der Waals surface area contributed by atoms with E-state index in [9.17, 15) is 0 Å². The van der Waals surface area contributed by atoms with Crippen LogP contribution in [0.2, 0.25) is 0 Å². The van der Waals surface area contributed by atoms with E-state index >= 15 is 0 Å². The van der Waals surface area contributed by atoms with Crippen molar-refractivity contribution in [3.63, 3.8) is 0 Å². The van der Waals surface area contributed by atoms with Crippen LogP contribution in [0.3, 0.4) is 0 Å². The summed E-state index contributed by atoms with van der Waals surface area (Å²) < 4.78 is 2.02. The van der Waals surface area contributed by atoms with Crippen LogP contribution in [0, 0.1) is 18.8 Å². The zero-order valence-corrected chi connectivity index (χ0v) is 12.9. The summed E-state index contributed by atoms with van der Waals surface area (Å²) in [4.78, 5) is 0. The molecule has 0 aromatic carbocycles. The Morgan fingerprint density at radius 1 is 1.42 bits per heavy atom. The first-order chi connectivity index (χ1) is 8.95. The number of hydrogen-bond acceptors (Lipinski definition) is 3. The van der Waals surface area contributed by atoms with Crippen LogP contribution < -0.4 is 11.1 Å². The molecular weight excluding hydrogens is 236 g/mol. The summed E-state index contributed by atoms with van der Waals surface area (Å²) in [5.74, 6) is 2.57. The van der Waals surface area contributed by atoms with Crippen molar-refractivity contribution in [2.75, 3.05) is 11.1 Å². The number of aryl methyl sites for hydroxylation is 1. The molecule has 0 aliphatic heterocycles. The second-order valence-electron chi connectivity index (χ2n) is 6.24. The minimum Gasteiger partial charge on any atom is -0.394 e. The highest BCUT2D eigenvalue weighted by Gasteiger charge is 2.32. The van der Waals surface area contributed by atoms with Crippen molar-refractivity contribution >= 4 is 11.5 Å². The van der Waals surface area contributed by atoms with E-state index in [2.05, 4.69) is 38.1 Å². The number of hydrogen-bond donors (Lipinski definition) is 2. The Labute approximate surface area is 116 Å². The van der Waals surface area contributed by atoms with Crippen LogP contribution >= 0.6 is 0 Å². The smallest absolute Gasteiger partial charge is 0.148 e. The maximum absolute atomic E-state index is 6.19. The number of anilines is 2. The Morgan fingerprint density at radius 3 is 2.63 bits per heavy atom. The molecule has 108 valence electrons. The fourth-order valence-electron chi connectivity index (χ4n) is 3.28. The Balaban J connectivity index is 2.20. The van der Waals surface area contributed by atoms with E-state index in [1.54, 1.807) is 0 Å². The molecule has 0 bridgehead atoms. The van der Waals surface area contributed by atoms with Crippen LogP contribution in [-0.4, -0.2) is 15.8 Å². The van der Waals surface area contributed by atoms with Gasteiger partial charge in [-0.25, -0.2) is 4.68 Å². The molecular formula is C15H28N4. The molecule has 0 amide bonds. The van der Waals surface area contributed by atoms with Gasteiger partial charge < -0.3 is 11.1 Å². The Hall–Kier alpha value is -1.19. The van der Waals surface area contributed by atoms with E-state index < -0.39 is 0 Å². The van der Waals surface area contributed by atoms with Gasteiger partial charge in [-0.1, -0.05) is 20.3 Å². The molecule has 1 heterocycles. The first-order valence-corrected chi connectivity index (χ1v) is 7.56. The highest BCUT2D eigenvalue weighted by Crippen LogP contribution is 2.37. The summed E-state index contributed by atoms with van der Waals surface area (Å²) in [7, 11) is 0. The van der Waals surface area contributed by atoms with Gasteiger partial charge in [-0.3, -0.25) is 0 Å². The van der Waals surface area contributed by atoms with Crippen molar-refractivity contribution < 1.29 is 0 Å². The SMILES string of the molecule is CCC1CCC(Nc2c(N)c(C)nn2C(C)C)C1C. The Kier molecular flexibility index (Phi) is 4.07. The molecule has 0 saturated heterocycles. The van der Waals surface area contributed by atoms with Gasteiger partial charge in [-0.05, 0) is 45.4 Å². The number of nitrogens with two attached hydrogens (primary N) is 1. The summed E-state index contributed by atoms with van der Waals surface area (Å²) >= 11 is 0. The maximum atomic E-state index is 6.19. The van der Waals surface area contributed by atoms with E-state index in [1.165, 1.54) is 19.3 Å². The third kappa shape index (κ3) is 2.58. The van der Waals surface area contributed by atoms with Crippen LogP contribution in [-0.2, 0) is 0 Å². The number of nitrogens with one attached hydrogen (secondary N) is 1. The fraction of sp³-hybridized carbons (Fsp3) is 0.800. The lowest BCUT2D eigenvalue weighted by atomic mass is 9.93. The van der Waals surface area contributed by atoms with Gasteiger partial charge in [0.05, 0.1) is 11.4 Å². The zero-order chi connectivity index (χ0) is 14.2. The molecule has 2 rings (SSSR count). The first kappa shape index (κ1) is 14.2. The molecule has 1 saturated carbocycles. The molecule has 1 fully saturated rings. The van der Waals surface area contributed by atoms with E-state index in [4.69, 9.17) is 5.73 Å². The summed E-state index contributed by atoms with van der Waals surface area (Å²) in [5.41, 5.74) is 7.92. The highest BCUT2D eigenvalue weighted by atomic mass is 15.4.